The minimum atomic E-state index is 0. The summed E-state index contributed by atoms with van der Waals surface area (Å²) in [5, 5.41) is 4.28. The highest BCUT2D eigenvalue weighted by atomic mass is 35.5. The van der Waals surface area contributed by atoms with Crippen molar-refractivity contribution < 1.29 is 9.53 Å². The molecule has 0 aromatic carbocycles. The molecule has 1 aliphatic heterocycles. The highest BCUT2D eigenvalue weighted by Crippen LogP contribution is 2.25. The Morgan fingerprint density at radius 1 is 1.62 bits per heavy atom. The number of carbonyl (C=O) groups excluding carboxylic acids is 1. The molecule has 2 rings (SSSR count). The van der Waals surface area contributed by atoms with Crippen molar-refractivity contribution in [2.24, 2.45) is 0 Å². The van der Waals surface area contributed by atoms with Crippen molar-refractivity contribution in [3.05, 3.63) is 15.6 Å². The first-order valence-corrected chi connectivity index (χ1v) is 5.79. The molecule has 0 spiro atoms. The number of hydrogen-bond acceptors (Lipinski definition) is 5. The Hall–Kier alpha value is -0.490. The molecule has 1 aliphatic rings. The average Bonchev–Trinajstić information content (AvgIpc) is 2.62. The monoisotopic (exact) mass is 262 g/mol. The lowest BCUT2D eigenvalue weighted by atomic mass is 10.3. The zero-order valence-electron chi connectivity index (χ0n) is 9.28. The number of aryl methyl sites for hydroxylation is 1. The lowest BCUT2D eigenvalue weighted by molar-refractivity contribution is 0.0768. The summed E-state index contributed by atoms with van der Waals surface area (Å²) in [6.07, 6.45) is 0. The third kappa shape index (κ3) is 2.79. The van der Waals surface area contributed by atoms with Crippen molar-refractivity contribution in [1.82, 2.24) is 10.3 Å². The predicted octanol–water partition coefficient (Wildman–Crippen LogP) is 1.74. The average molecular weight is 263 g/mol. The summed E-state index contributed by atoms with van der Waals surface area (Å²) >= 11 is 1.47. The third-order valence-electron chi connectivity index (χ3n) is 2.35. The summed E-state index contributed by atoms with van der Waals surface area (Å²) in [6.45, 7) is 5.69. The fraction of sp³-hybridized carbons (Fsp3) is 0.600. The molecule has 0 aliphatic carbocycles. The second-order valence-electron chi connectivity index (χ2n) is 3.60. The topological polar surface area (TPSA) is 51.2 Å². The molecule has 0 saturated carbocycles. The van der Waals surface area contributed by atoms with Gasteiger partial charge in [0.2, 0.25) is 0 Å². The van der Waals surface area contributed by atoms with E-state index in [0.717, 1.165) is 28.7 Å². The van der Waals surface area contributed by atoms with Gasteiger partial charge in [0.15, 0.2) is 5.78 Å². The zero-order chi connectivity index (χ0) is 10.8. The Morgan fingerprint density at radius 2 is 2.38 bits per heavy atom. The Labute approximate surface area is 105 Å². The molecule has 2 heterocycles. The molecule has 4 nitrogen and oxygen atoms in total. The molecule has 1 aromatic heterocycles. The van der Waals surface area contributed by atoms with Crippen LogP contribution in [0.4, 0.5) is 0 Å². The van der Waals surface area contributed by atoms with E-state index in [1.54, 1.807) is 6.92 Å². The van der Waals surface area contributed by atoms with Crippen molar-refractivity contribution in [2.45, 2.75) is 19.9 Å². The number of halogens is 1. The summed E-state index contributed by atoms with van der Waals surface area (Å²) in [5.74, 6) is 0.0907. The van der Waals surface area contributed by atoms with E-state index >= 15 is 0 Å². The number of Topliss-reactive ketones (excluding diaryl/α,β-unsaturated/α-hetero) is 1. The molecule has 16 heavy (non-hydrogen) atoms. The zero-order valence-corrected chi connectivity index (χ0v) is 10.9. The summed E-state index contributed by atoms with van der Waals surface area (Å²) in [7, 11) is 0. The first-order valence-electron chi connectivity index (χ1n) is 4.98. The van der Waals surface area contributed by atoms with Gasteiger partial charge in [-0.1, -0.05) is 0 Å². The Morgan fingerprint density at radius 3 is 2.88 bits per heavy atom. The number of rotatable bonds is 2. The SMILES string of the molecule is CC(=O)c1sc(C2COCCN2)nc1C.Cl. The molecule has 0 bridgehead atoms. The molecular formula is C10H15ClN2O2S. The van der Waals surface area contributed by atoms with Gasteiger partial charge in [0.05, 0.1) is 29.8 Å². The largest absolute Gasteiger partial charge is 0.378 e. The van der Waals surface area contributed by atoms with Gasteiger partial charge < -0.3 is 10.1 Å². The fourth-order valence-electron chi connectivity index (χ4n) is 1.62. The number of morpholine rings is 1. The van der Waals surface area contributed by atoms with E-state index in [1.165, 1.54) is 11.3 Å². The number of aromatic nitrogens is 1. The highest BCUT2D eigenvalue weighted by molar-refractivity contribution is 7.13. The van der Waals surface area contributed by atoms with E-state index in [1.807, 2.05) is 6.92 Å². The lowest BCUT2D eigenvalue weighted by Crippen LogP contribution is -2.34. The van der Waals surface area contributed by atoms with Crippen LogP contribution in [0.5, 0.6) is 0 Å². The standard InChI is InChI=1S/C10H14N2O2S.ClH/c1-6-9(7(2)13)15-10(12-6)8-5-14-4-3-11-8;/h8,11H,3-5H2,1-2H3;1H. The maximum Gasteiger partial charge on any atom is 0.171 e. The van der Waals surface area contributed by atoms with Gasteiger partial charge in [-0.15, -0.1) is 23.7 Å². The molecule has 6 heteroatoms. The van der Waals surface area contributed by atoms with Crippen LogP contribution in [0.25, 0.3) is 0 Å². The van der Waals surface area contributed by atoms with Crippen LogP contribution in [0.15, 0.2) is 0 Å². The minimum absolute atomic E-state index is 0. The van der Waals surface area contributed by atoms with Crippen LogP contribution in [0, 0.1) is 6.92 Å². The van der Waals surface area contributed by atoms with Crippen LogP contribution < -0.4 is 5.32 Å². The maximum absolute atomic E-state index is 11.3. The summed E-state index contributed by atoms with van der Waals surface area (Å²) in [5.41, 5.74) is 0.829. The van der Waals surface area contributed by atoms with E-state index in [0.29, 0.717) is 6.61 Å². The van der Waals surface area contributed by atoms with E-state index in [-0.39, 0.29) is 24.2 Å². The summed E-state index contributed by atoms with van der Waals surface area (Å²) in [6, 6.07) is 0.149. The molecule has 1 N–H and O–H groups in total. The number of hydrogen-bond donors (Lipinski definition) is 1. The number of carbonyl (C=O) groups is 1. The smallest absolute Gasteiger partial charge is 0.171 e. The molecule has 0 amide bonds. The number of nitrogens with one attached hydrogen (secondary N) is 1. The summed E-state index contributed by atoms with van der Waals surface area (Å²) < 4.78 is 5.37. The second-order valence-corrected chi connectivity index (χ2v) is 4.64. The lowest BCUT2D eigenvalue weighted by Gasteiger charge is -2.21. The minimum Gasteiger partial charge on any atom is -0.378 e. The molecular weight excluding hydrogens is 248 g/mol. The van der Waals surface area contributed by atoms with Crippen molar-refractivity contribution in [3.8, 4) is 0 Å². The normalized spacial score (nSPS) is 20.2. The molecule has 90 valence electrons. The predicted molar refractivity (Wildman–Crippen MR) is 65.7 cm³/mol. The number of thiazole rings is 1. The van der Waals surface area contributed by atoms with Gasteiger partial charge in [0.1, 0.15) is 5.01 Å². The van der Waals surface area contributed by atoms with Crippen LogP contribution in [0.2, 0.25) is 0 Å². The van der Waals surface area contributed by atoms with Gasteiger partial charge in [-0.05, 0) is 6.92 Å². The number of nitrogens with zero attached hydrogens (tertiary/aromatic N) is 1. The first-order chi connectivity index (χ1) is 7.18. The maximum atomic E-state index is 11.3. The van der Waals surface area contributed by atoms with Gasteiger partial charge in [-0.2, -0.15) is 0 Å². The molecule has 1 saturated heterocycles. The molecule has 1 unspecified atom stereocenters. The number of ether oxygens (including phenoxy) is 1. The van der Waals surface area contributed by atoms with Gasteiger partial charge in [-0.3, -0.25) is 4.79 Å². The van der Waals surface area contributed by atoms with Crippen molar-refractivity contribution in [1.29, 1.82) is 0 Å². The molecule has 1 fully saturated rings. The Balaban J connectivity index is 0.00000128. The first kappa shape index (κ1) is 13.6. The molecule has 1 atom stereocenters. The van der Waals surface area contributed by atoms with Crippen LogP contribution in [0.1, 0.15) is 33.3 Å². The van der Waals surface area contributed by atoms with E-state index in [4.69, 9.17) is 4.74 Å². The van der Waals surface area contributed by atoms with Crippen molar-refractivity contribution >= 4 is 29.5 Å². The van der Waals surface area contributed by atoms with E-state index in [2.05, 4.69) is 10.3 Å². The Kier molecular flexibility index (Phi) is 4.86. The number of ketones is 1. The van der Waals surface area contributed by atoms with Crippen molar-refractivity contribution in [2.75, 3.05) is 19.8 Å². The van der Waals surface area contributed by atoms with Gasteiger partial charge in [0.25, 0.3) is 0 Å². The fourth-order valence-corrected chi connectivity index (χ4v) is 2.64. The van der Waals surface area contributed by atoms with Crippen LogP contribution in [-0.2, 0) is 4.74 Å². The van der Waals surface area contributed by atoms with Gasteiger partial charge in [-0.25, -0.2) is 4.98 Å². The van der Waals surface area contributed by atoms with Gasteiger partial charge in [0, 0.05) is 13.5 Å². The Bertz CT molecular complexity index is 375. The molecule has 1 aromatic rings. The van der Waals surface area contributed by atoms with Gasteiger partial charge >= 0.3 is 0 Å². The quantitative estimate of drug-likeness (QED) is 0.825. The summed E-state index contributed by atoms with van der Waals surface area (Å²) in [4.78, 5) is 16.5. The van der Waals surface area contributed by atoms with E-state index < -0.39 is 0 Å². The van der Waals surface area contributed by atoms with Crippen LogP contribution >= 0.6 is 23.7 Å². The second kappa shape index (κ2) is 5.72. The van der Waals surface area contributed by atoms with Crippen LogP contribution in [0.3, 0.4) is 0 Å². The van der Waals surface area contributed by atoms with E-state index in [9.17, 15) is 4.79 Å². The van der Waals surface area contributed by atoms with Crippen LogP contribution in [-0.4, -0.2) is 30.5 Å². The molecule has 0 radical (unpaired) electrons. The van der Waals surface area contributed by atoms with Crippen molar-refractivity contribution in [3.63, 3.8) is 0 Å². The highest BCUT2D eigenvalue weighted by Gasteiger charge is 2.21. The third-order valence-corrected chi connectivity index (χ3v) is 3.72.